The van der Waals surface area contributed by atoms with Gasteiger partial charge in [0.1, 0.15) is 0 Å². The molecule has 0 unspecified atom stereocenters. The standard InChI is InChI=1S/C16H13F4NO2/c1-23-14-6-5-11(8-13(14)17)15(22)21-9-10-3-2-4-12(7-10)16(18,19)20/h2-8H,9H2,1H3,(H,21,22). The van der Waals surface area contributed by atoms with Crippen molar-refractivity contribution in [3.05, 3.63) is 65.0 Å². The average molecular weight is 327 g/mol. The molecule has 122 valence electrons. The van der Waals surface area contributed by atoms with E-state index in [1.54, 1.807) is 0 Å². The number of ether oxygens (including phenoxy) is 1. The minimum absolute atomic E-state index is 0.000529. The molecule has 1 N–H and O–H groups in total. The van der Waals surface area contributed by atoms with E-state index in [0.717, 1.165) is 18.2 Å². The molecule has 0 bridgehead atoms. The van der Waals surface area contributed by atoms with Gasteiger partial charge < -0.3 is 10.1 Å². The van der Waals surface area contributed by atoms with Crippen LogP contribution in [0.2, 0.25) is 0 Å². The Bertz CT molecular complexity index is 713. The van der Waals surface area contributed by atoms with Crippen LogP contribution in [0.15, 0.2) is 42.5 Å². The van der Waals surface area contributed by atoms with Gasteiger partial charge in [0, 0.05) is 12.1 Å². The molecule has 0 aliphatic heterocycles. The van der Waals surface area contributed by atoms with Crippen LogP contribution in [0, 0.1) is 5.82 Å². The lowest BCUT2D eigenvalue weighted by atomic mass is 10.1. The molecule has 0 atom stereocenters. The third-order valence-corrected chi connectivity index (χ3v) is 3.12. The fourth-order valence-electron chi connectivity index (χ4n) is 1.95. The van der Waals surface area contributed by atoms with Crippen molar-refractivity contribution in [2.45, 2.75) is 12.7 Å². The smallest absolute Gasteiger partial charge is 0.416 e. The molecule has 2 aromatic carbocycles. The molecular weight excluding hydrogens is 314 g/mol. The van der Waals surface area contributed by atoms with Gasteiger partial charge in [-0.1, -0.05) is 12.1 Å². The molecule has 0 heterocycles. The molecule has 0 aromatic heterocycles. The first kappa shape index (κ1) is 16.8. The number of carbonyl (C=O) groups is 1. The fraction of sp³-hybridized carbons (Fsp3) is 0.188. The summed E-state index contributed by atoms with van der Waals surface area (Å²) in [6, 6.07) is 8.29. The van der Waals surface area contributed by atoms with E-state index < -0.39 is 23.5 Å². The van der Waals surface area contributed by atoms with Crippen LogP contribution in [0.4, 0.5) is 17.6 Å². The summed E-state index contributed by atoms with van der Waals surface area (Å²) in [5.74, 6) is -1.29. The third kappa shape index (κ3) is 4.21. The van der Waals surface area contributed by atoms with Gasteiger partial charge in [-0.3, -0.25) is 4.79 Å². The van der Waals surface area contributed by atoms with E-state index in [1.165, 1.54) is 31.4 Å². The van der Waals surface area contributed by atoms with Gasteiger partial charge in [0.15, 0.2) is 11.6 Å². The highest BCUT2D eigenvalue weighted by Gasteiger charge is 2.30. The van der Waals surface area contributed by atoms with E-state index >= 15 is 0 Å². The van der Waals surface area contributed by atoms with Gasteiger partial charge in [-0.15, -0.1) is 0 Å². The number of carbonyl (C=O) groups excluding carboxylic acids is 1. The van der Waals surface area contributed by atoms with Gasteiger partial charge >= 0.3 is 6.18 Å². The Morgan fingerprint density at radius 3 is 2.52 bits per heavy atom. The van der Waals surface area contributed by atoms with E-state index in [2.05, 4.69) is 5.32 Å². The lowest BCUT2D eigenvalue weighted by molar-refractivity contribution is -0.137. The number of alkyl halides is 3. The minimum atomic E-state index is -4.45. The van der Waals surface area contributed by atoms with Gasteiger partial charge in [0.25, 0.3) is 5.91 Å². The normalized spacial score (nSPS) is 11.2. The predicted octanol–water partition coefficient (Wildman–Crippen LogP) is 3.78. The van der Waals surface area contributed by atoms with Crippen LogP contribution in [0.5, 0.6) is 5.75 Å². The van der Waals surface area contributed by atoms with Crippen molar-refractivity contribution >= 4 is 5.91 Å². The Morgan fingerprint density at radius 2 is 1.91 bits per heavy atom. The van der Waals surface area contributed by atoms with Crippen molar-refractivity contribution in [3.63, 3.8) is 0 Å². The highest BCUT2D eigenvalue weighted by atomic mass is 19.4. The maximum absolute atomic E-state index is 13.5. The van der Waals surface area contributed by atoms with Crippen molar-refractivity contribution in [1.82, 2.24) is 5.32 Å². The van der Waals surface area contributed by atoms with Crippen LogP contribution in [0.25, 0.3) is 0 Å². The summed E-state index contributed by atoms with van der Waals surface area (Å²) in [5.41, 5.74) is -0.447. The summed E-state index contributed by atoms with van der Waals surface area (Å²) < 4.78 is 56.1. The monoisotopic (exact) mass is 327 g/mol. The minimum Gasteiger partial charge on any atom is -0.494 e. The molecule has 2 aromatic rings. The molecule has 0 aliphatic rings. The second-order valence-corrected chi connectivity index (χ2v) is 4.73. The number of hydrogen-bond acceptors (Lipinski definition) is 2. The average Bonchev–Trinajstić information content (AvgIpc) is 2.52. The first-order chi connectivity index (χ1) is 10.8. The molecule has 0 saturated carbocycles. The molecule has 0 aliphatic carbocycles. The predicted molar refractivity (Wildman–Crippen MR) is 75.6 cm³/mol. The molecule has 7 heteroatoms. The number of methoxy groups -OCH3 is 1. The van der Waals surface area contributed by atoms with E-state index in [0.29, 0.717) is 5.56 Å². The van der Waals surface area contributed by atoms with E-state index in [9.17, 15) is 22.4 Å². The van der Waals surface area contributed by atoms with Crippen LogP contribution in [-0.4, -0.2) is 13.0 Å². The van der Waals surface area contributed by atoms with Crippen molar-refractivity contribution in [1.29, 1.82) is 0 Å². The van der Waals surface area contributed by atoms with E-state index in [4.69, 9.17) is 4.74 Å². The summed E-state index contributed by atoms with van der Waals surface area (Å²) in [4.78, 5) is 11.9. The second-order valence-electron chi connectivity index (χ2n) is 4.73. The number of nitrogens with one attached hydrogen (secondary N) is 1. The molecule has 23 heavy (non-hydrogen) atoms. The SMILES string of the molecule is COc1ccc(C(=O)NCc2cccc(C(F)(F)F)c2)cc1F. The van der Waals surface area contributed by atoms with Gasteiger partial charge in [-0.05, 0) is 35.9 Å². The topological polar surface area (TPSA) is 38.3 Å². The van der Waals surface area contributed by atoms with Crippen LogP contribution in [0.1, 0.15) is 21.5 Å². The second kappa shape index (κ2) is 6.68. The van der Waals surface area contributed by atoms with Gasteiger partial charge in [0.05, 0.1) is 12.7 Å². The maximum Gasteiger partial charge on any atom is 0.416 e. The first-order valence-electron chi connectivity index (χ1n) is 6.59. The summed E-state index contributed by atoms with van der Waals surface area (Å²) in [6.45, 7) is -0.101. The van der Waals surface area contributed by atoms with Crippen LogP contribution < -0.4 is 10.1 Å². The zero-order chi connectivity index (χ0) is 17.0. The Balaban J connectivity index is 2.06. The summed E-state index contributed by atoms with van der Waals surface area (Å²) in [6.07, 6.45) is -4.45. The Hall–Kier alpha value is -2.57. The summed E-state index contributed by atoms with van der Waals surface area (Å²) >= 11 is 0. The Morgan fingerprint density at radius 1 is 1.17 bits per heavy atom. The molecular formula is C16H13F4NO2. The third-order valence-electron chi connectivity index (χ3n) is 3.12. The molecule has 0 spiro atoms. The van der Waals surface area contributed by atoms with E-state index in [1.807, 2.05) is 0 Å². The van der Waals surface area contributed by atoms with E-state index in [-0.39, 0.29) is 17.9 Å². The summed E-state index contributed by atoms with van der Waals surface area (Å²) in [7, 11) is 1.30. The number of hydrogen-bond donors (Lipinski definition) is 1. The van der Waals surface area contributed by atoms with Gasteiger partial charge in [-0.25, -0.2) is 4.39 Å². The number of halogens is 4. The zero-order valence-electron chi connectivity index (χ0n) is 12.1. The lowest BCUT2D eigenvalue weighted by Gasteiger charge is -2.10. The van der Waals surface area contributed by atoms with Crippen molar-refractivity contribution in [2.75, 3.05) is 7.11 Å². The van der Waals surface area contributed by atoms with Crippen molar-refractivity contribution < 1.29 is 27.1 Å². The highest BCUT2D eigenvalue weighted by molar-refractivity contribution is 5.94. The van der Waals surface area contributed by atoms with Crippen molar-refractivity contribution in [2.24, 2.45) is 0 Å². The quantitative estimate of drug-likeness (QED) is 0.868. The molecule has 0 radical (unpaired) electrons. The van der Waals surface area contributed by atoms with Crippen LogP contribution in [0.3, 0.4) is 0 Å². The molecule has 0 fully saturated rings. The molecule has 1 amide bonds. The lowest BCUT2D eigenvalue weighted by Crippen LogP contribution is -2.23. The largest absolute Gasteiger partial charge is 0.494 e. The van der Waals surface area contributed by atoms with Crippen molar-refractivity contribution in [3.8, 4) is 5.75 Å². The Labute approximate surface area is 129 Å². The maximum atomic E-state index is 13.5. The number of benzene rings is 2. The molecule has 0 saturated heterocycles. The summed E-state index contributed by atoms with van der Waals surface area (Å²) in [5, 5.41) is 2.44. The molecule has 2 rings (SSSR count). The number of rotatable bonds is 4. The molecule has 3 nitrogen and oxygen atoms in total. The highest BCUT2D eigenvalue weighted by Crippen LogP contribution is 2.29. The van der Waals surface area contributed by atoms with Gasteiger partial charge in [0.2, 0.25) is 0 Å². The number of amides is 1. The Kier molecular flexibility index (Phi) is 4.88. The zero-order valence-corrected chi connectivity index (χ0v) is 12.1. The van der Waals surface area contributed by atoms with Crippen LogP contribution >= 0.6 is 0 Å². The fourth-order valence-corrected chi connectivity index (χ4v) is 1.95. The first-order valence-corrected chi connectivity index (χ1v) is 6.59. The van der Waals surface area contributed by atoms with Gasteiger partial charge in [-0.2, -0.15) is 13.2 Å². The van der Waals surface area contributed by atoms with Crippen LogP contribution in [-0.2, 0) is 12.7 Å².